The Morgan fingerprint density at radius 2 is 1.80 bits per heavy atom. The van der Waals surface area contributed by atoms with Crippen molar-refractivity contribution in [2.24, 2.45) is 5.84 Å². The Balaban J connectivity index is 3.32. The Hall–Kier alpha value is -0.520. The molecule has 88 valence electrons. The number of hydrazine groups is 1. The first-order chi connectivity index (χ1) is 7.35. The quantitative estimate of drug-likeness (QED) is 0.252. The van der Waals surface area contributed by atoms with Gasteiger partial charge >= 0.3 is 0 Å². The van der Waals surface area contributed by atoms with Gasteiger partial charge in [-0.1, -0.05) is 39.0 Å². The van der Waals surface area contributed by atoms with Crippen molar-refractivity contribution in [2.45, 2.75) is 70.8 Å². The van der Waals surface area contributed by atoms with Gasteiger partial charge in [0.15, 0.2) is 0 Å². The number of unbranched alkanes of at least 4 members (excludes halogenated alkanes) is 5. The molecule has 15 heavy (non-hydrogen) atoms. The molecule has 0 aromatic rings. The minimum absolute atomic E-state index is 0.458. The van der Waals surface area contributed by atoms with Gasteiger partial charge in [0.1, 0.15) is 0 Å². The second-order valence-corrected chi connectivity index (χ2v) is 4.16. The van der Waals surface area contributed by atoms with Gasteiger partial charge in [-0.3, -0.25) is 11.3 Å². The first kappa shape index (κ1) is 14.5. The lowest BCUT2D eigenvalue weighted by Gasteiger charge is -2.14. The number of rotatable bonds is 10. The number of nitrogens with two attached hydrogens (primary N) is 1. The lowest BCUT2D eigenvalue weighted by molar-refractivity contribution is 0.431. The Morgan fingerprint density at radius 3 is 2.40 bits per heavy atom. The van der Waals surface area contributed by atoms with Crippen LogP contribution in [0.15, 0.2) is 0 Å². The fourth-order valence-corrected chi connectivity index (χ4v) is 1.76. The van der Waals surface area contributed by atoms with Gasteiger partial charge in [0, 0.05) is 12.5 Å². The molecule has 2 nitrogen and oxygen atoms in total. The third kappa shape index (κ3) is 9.78. The highest BCUT2D eigenvalue weighted by molar-refractivity contribution is 4.83. The van der Waals surface area contributed by atoms with Gasteiger partial charge in [-0.2, -0.15) is 0 Å². The summed E-state index contributed by atoms with van der Waals surface area (Å²) in [4.78, 5) is 0. The second kappa shape index (κ2) is 11.6. The van der Waals surface area contributed by atoms with E-state index in [-0.39, 0.29) is 0 Å². The predicted octanol–water partition coefficient (Wildman–Crippen LogP) is 2.98. The zero-order valence-corrected chi connectivity index (χ0v) is 10.1. The molecule has 0 aliphatic heterocycles. The summed E-state index contributed by atoms with van der Waals surface area (Å²) in [6.07, 6.45) is 16.1. The highest BCUT2D eigenvalue weighted by Gasteiger charge is 2.04. The maximum absolute atomic E-state index is 5.49. The van der Waals surface area contributed by atoms with Crippen molar-refractivity contribution in [1.29, 1.82) is 0 Å². The highest BCUT2D eigenvalue weighted by atomic mass is 15.2. The summed E-state index contributed by atoms with van der Waals surface area (Å²) in [7, 11) is 0. The molecular weight excluding hydrogens is 184 g/mol. The zero-order chi connectivity index (χ0) is 11.4. The van der Waals surface area contributed by atoms with Crippen LogP contribution in [0.25, 0.3) is 0 Å². The van der Waals surface area contributed by atoms with Crippen LogP contribution >= 0.6 is 0 Å². The van der Waals surface area contributed by atoms with Crippen molar-refractivity contribution < 1.29 is 0 Å². The van der Waals surface area contributed by atoms with Gasteiger partial charge in [-0.25, -0.2) is 0 Å². The second-order valence-electron chi connectivity index (χ2n) is 4.16. The van der Waals surface area contributed by atoms with Crippen LogP contribution in [0, 0.1) is 12.3 Å². The summed E-state index contributed by atoms with van der Waals surface area (Å²) in [5, 5.41) is 0. The molecule has 0 saturated heterocycles. The maximum Gasteiger partial charge on any atom is 0.0210 e. The molecule has 0 aromatic carbocycles. The minimum Gasteiger partial charge on any atom is -0.271 e. The molecule has 0 rings (SSSR count). The van der Waals surface area contributed by atoms with Crippen molar-refractivity contribution in [1.82, 2.24) is 5.43 Å². The first-order valence-electron chi connectivity index (χ1n) is 6.24. The minimum atomic E-state index is 0.458. The lowest BCUT2D eigenvalue weighted by Crippen LogP contribution is -2.34. The molecule has 0 fully saturated rings. The summed E-state index contributed by atoms with van der Waals surface area (Å²) < 4.78 is 0. The molecule has 0 bridgehead atoms. The van der Waals surface area contributed by atoms with E-state index in [4.69, 9.17) is 12.3 Å². The van der Waals surface area contributed by atoms with Crippen LogP contribution in [0.5, 0.6) is 0 Å². The van der Waals surface area contributed by atoms with Gasteiger partial charge in [0.05, 0.1) is 0 Å². The smallest absolute Gasteiger partial charge is 0.0210 e. The van der Waals surface area contributed by atoms with Gasteiger partial charge in [0.2, 0.25) is 0 Å². The summed E-state index contributed by atoms with van der Waals surface area (Å²) in [5.41, 5.74) is 2.88. The van der Waals surface area contributed by atoms with Gasteiger partial charge < -0.3 is 0 Å². The Kier molecular flexibility index (Phi) is 11.2. The van der Waals surface area contributed by atoms with Crippen molar-refractivity contribution >= 4 is 0 Å². The van der Waals surface area contributed by atoms with Crippen LogP contribution in [0.1, 0.15) is 64.7 Å². The molecular formula is C13H26N2. The van der Waals surface area contributed by atoms with Gasteiger partial charge in [-0.15, -0.1) is 12.3 Å². The molecule has 0 aliphatic carbocycles. The molecule has 1 unspecified atom stereocenters. The molecule has 0 saturated carbocycles. The Morgan fingerprint density at radius 1 is 1.13 bits per heavy atom. The Labute approximate surface area is 95.0 Å². The van der Waals surface area contributed by atoms with E-state index in [1.807, 2.05) is 0 Å². The van der Waals surface area contributed by atoms with Crippen molar-refractivity contribution in [2.75, 3.05) is 0 Å². The molecule has 0 heterocycles. The zero-order valence-electron chi connectivity index (χ0n) is 10.1. The van der Waals surface area contributed by atoms with Crippen LogP contribution in [0.3, 0.4) is 0 Å². The number of terminal acetylenes is 1. The molecule has 0 aliphatic rings. The van der Waals surface area contributed by atoms with Crippen LogP contribution in [-0.2, 0) is 0 Å². The average molecular weight is 210 g/mol. The predicted molar refractivity (Wildman–Crippen MR) is 67.2 cm³/mol. The van der Waals surface area contributed by atoms with Crippen molar-refractivity contribution in [3.05, 3.63) is 0 Å². The molecule has 2 heteroatoms. The van der Waals surface area contributed by atoms with E-state index < -0.39 is 0 Å². The first-order valence-corrected chi connectivity index (χ1v) is 6.24. The summed E-state index contributed by atoms with van der Waals surface area (Å²) >= 11 is 0. The standard InChI is InChI=1S/C13H26N2/c1-3-5-7-8-10-12-13(15-14)11-9-6-4-2/h2,13,15H,3,5-12,14H2,1H3. The summed E-state index contributed by atoms with van der Waals surface area (Å²) in [6, 6.07) is 0.458. The van der Waals surface area contributed by atoms with Crippen LogP contribution in [0.4, 0.5) is 0 Å². The third-order valence-corrected chi connectivity index (χ3v) is 2.77. The summed E-state index contributed by atoms with van der Waals surface area (Å²) in [5.74, 6) is 8.16. The van der Waals surface area contributed by atoms with E-state index in [1.165, 1.54) is 38.5 Å². The van der Waals surface area contributed by atoms with Crippen molar-refractivity contribution in [3.8, 4) is 12.3 Å². The normalized spacial score (nSPS) is 12.3. The highest BCUT2D eigenvalue weighted by Crippen LogP contribution is 2.10. The third-order valence-electron chi connectivity index (χ3n) is 2.77. The molecule has 0 amide bonds. The van der Waals surface area contributed by atoms with Gasteiger partial charge in [-0.05, 0) is 19.3 Å². The maximum atomic E-state index is 5.49. The molecule has 3 N–H and O–H groups in total. The molecule has 1 atom stereocenters. The van der Waals surface area contributed by atoms with Crippen LogP contribution < -0.4 is 11.3 Å². The van der Waals surface area contributed by atoms with Crippen LogP contribution in [-0.4, -0.2) is 6.04 Å². The SMILES string of the molecule is C#CCCCC(CCCCCCC)NN. The van der Waals surface area contributed by atoms with E-state index in [0.717, 1.165) is 19.3 Å². The van der Waals surface area contributed by atoms with Crippen LogP contribution in [0.2, 0.25) is 0 Å². The Bertz CT molecular complexity index is 160. The monoisotopic (exact) mass is 210 g/mol. The average Bonchev–Trinajstić information content (AvgIpc) is 2.26. The van der Waals surface area contributed by atoms with E-state index in [0.29, 0.717) is 6.04 Å². The largest absolute Gasteiger partial charge is 0.271 e. The van der Waals surface area contributed by atoms with E-state index >= 15 is 0 Å². The molecule has 0 radical (unpaired) electrons. The van der Waals surface area contributed by atoms with E-state index in [1.54, 1.807) is 0 Å². The van der Waals surface area contributed by atoms with Crippen molar-refractivity contribution in [3.63, 3.8) is 0 Å². The number of hydrogen-bond donors (Lipinski definition) is 2. The fraction of sp³-hybridized carbons (Fsp3) is 0.846. The lowest BCUT2D eigenvalue weighted by atomic mass is 10.0. The van der Waals surface area contributed by atoms with E-state index in [2.05, 4.69) is 18.3 Å². The topological polar surface area (TPSA) is 38.0 Å². The number of nitrogens with one attached hydrogen (secondary N) is 1. The molecule has 0 aromatic heterocycles. The van der Waals surface area contributed by atoms with E-state index in [9.17, 15) is 0 Å². The van der Waals surface area contributed by atoms with Gasteiger partial charge in [0.25, 0.3) is 0 Å². The summed E-state index contributed by atoms with van der Waals surface area (Å²) in [6.45, 7) is 2.24. The molecule has 0 spiro atoms. The number of hydrogen-bond acceptors (Lipinski definition) is 2. The fourth-order valence-electron chi connectivity index (χ4n) is 1.76.